The number of nitrogens with one attached hydrogen (secondary N) is 1. The first-order chi connectivity index (χ1) is 14.2. The van der Waals surface area contributed by atoms with Crippen LogP contribution in [0.5, 0.6) is 5.75 Å². The topological polar surface area (TPSA) is 84.9 Å². The molecule has 1 saturated heterocycles. The number of hydrogen-bond donors (Lipinski definition) is 1. The molecule has 30 heavy (non-hydrogen) atoms. The number of hydrogen-bond acceptors (Lipinski definition) is 5. The Kier molecular flexibility index (Phi) is 6.74. The Balaban J connectivity index is 1.94. The Morgan fingerprint density at radius 2 is 1.87 bits per heavy atom. The molecule has 1 aliphatic rings. The molecule has 0 aliphatic carbocycles. The molecule has 1 heterocycles. The van der Waals surface area contributed by atoms with Gasteiger partial charge in [-0.3, -0.25) is 4.79 Å². The first-order valence-corrected chi connectivity index (χ1v) is 11.1. The smallest absolute Gasteiger partial charge is 0.255 e. The van der Waals surface area contributed by atoms with Gasteiger partial charge in [0, 0.05) is 18.7 Å². The summed E-state index contributed by atoms with van der Waals surface area (Å²) in [6.07, 6.45) is -0.195. The molecular formula is C21H25FN2O5S. The molecule has 0 saturated carbocycles. The third-order valence-electron chi connectivity index (χ3n) is 4.60. The fraction of sp³-hybridized carbons (Fsp3) is 0.381. The van der Waals surface area contributed by atoms with E-state index in [9.17, 15) is 17.6 Å². The Morgan fingerprint density at radius 1 is 1.17 bits per heavy atom. The second-order valence-electron chi connectivity index (χ2n) is 7.26. The van der Waals surface area contributed by atoms with Crippen LogP contribution in [0.1, 0.15) is 29.8 Å². The quantitative estimate of drug-likeness (QED) is 0.752. The molecule has 1 amide bonds. The lowest BCUT2D eigenvalue weighted by Gasteiger charge is -2.26. The fourth-order valence-electron chi connectivity index (χ4n) is 2.99. The highest BCUT2D eigenvalue weighted by Crippen LogP contribution is 2.31. The average molecular weight is 437 g/mol. The van der Waals surface area contributed by atoms with E-state index in [0.29, 0.717) is 24.5 Å². The number of halogens is 1. The summed E-state index contributed by atoms with van der Waals surface area (Å²) in [7, 11) is -3.76. The molecule has 0 unspecified atom stereocenters. The molecule has 1 aliphatic heterocycles. The van der Waals surface area contributed by atoms with Gasteiger partial charge in [-0.05, 0) is 56.7 Å². The number of sulfonamides is 1. The molecular weight excluding hydrogens is 411 g/mol. The van der Waals surface area contributed by atoms with Gasteiger partial charge >= 0.3 is 0 Å². The van der Waals surface area contributed by atoms with E-state index in [2.05, 4.69) is 5.32 Å². The number of amides is 1. The summed E-state index contributed by atoms with van der Waals surface area (Å²) in [5.41, 5.74) is 0.744. The molecule has 0 atom stereocenters. The van der Waals surface area contributed by atoms with Crippen molar-refractivity contribution >= 4 is 21.6 Å². The van der Waals surface area contributed by atoms with Crippen molar-refractivity contribution in [1.29, 1.82) is 0 Å². The largest absolute Gasteiger partial charge is 0.489 e. The Bertz CT molecular complexity index is 1030. The molecule has 1 N–H and O–H groups in total. The van der Waals surface area contributed by atoms with Crippen molar-refractivity contribution < 1.29 is 27.1 Å². The van der Waals surface area contributed by atoms with Gasteiger partial charge in [-0.25, -0.2) is 12.8 Å². The van der Waals surface area contributed by atoms with Gasteiger partial charge in [0.05, 0.1) is 29.9 Å². The van der Waals surface area contributed by atoms with E-state index in [0.717, 1.165) is 6.07 Å². The van der Waals surface area contributed by atoms with Crippen molar-refractivity contribution in [2.24, 2.45) is 0 Å². The van der Waals surface area contributed by atoms with Gasteiger partial charge in [0.25, 0.3) is 5.91 Å². The summed E-state index contributed by atoms with van der Waals surface area (Å²) in [6.45, 7) is 6.42. The Morgan fingerprint density at radius 3 is 2.50 bits per heavy atom. The minimum Gasteiger partial charge on any atom is -0.489 e. The molecule has 0 spiro atoms. The zero-order chi connectivity index (χ0) is 21.9. The number of anilines is 1. The predicted octanol–water partition coefficient (Wildman–Crippen LogP) is 3.19. The number of nitrogens with zero attached hydrogens (tertiary/aromatic N) is 1. The maximum absolute atomic E-state index is 13.9. The SMILES string of the molecule is Cc1ccc(C(=O)Nc2cc(S(=O)(=O)N3CCOCC3)ccc2OC(C)C)cc1F. The van der Waals surface area contributed by atoms with Crippen molar-refractivity contribution in [3.63, 3.8) is 0 Å². The molecule has 9 heteroatoms. The zero-order valence-corrected chi connectivity index (χ0v) is 18.0. The van der Waals surface area contributed by atoms with Crippen LogP contribution in [0.15, 0.2) is 41.3 Å². The van der Waals surface area contributed by atoms with E-state index in [1.807, 2.05) is 13.8 Å². The molecule has 0 aromatic heterocycles. The lowest BCUT2D eigenvalue weighted by molar-refractivity contribution is 0.0730. The summed E-state index contributed by atoms with van der Waals surface area (Å²) < 4.78 is 52.1. The standard InChI is InChI=1S/C21H25FN2O5S/c1-14(2)29-20-7-6-17(30(26,27)24-8-10-28-11-9-24)13-19(20)23-21(25)16-5-4-15(3)18(22)12-16/h4-7,12-14H,8-11H2,1-3H3,(H,23,25). The van der Waals surface area contributed by atoms with E-state index < -0.39 is 21.7 Å². The molecule has 0 bridgehead atoms. The van der Waals surface area contributed by atoms with Crippen LogP contribution in [0, 0.1) is 12.7 Å². The first kappa shape index (κ1) is 22.2. The van der Waals surface area contributed by atoms with Crippen LogP contribution in [0.2, 0.25) is 0 Å². The second kappa shape index (κ2) is 9.11. The number of morpholine rings is 1. The molecule has 2 aromatic carbocycles. The van der Waals surface area contributed by atoms with Gasteiger partial charge in [-0.2, -0.15) is 4.31 Å². The van der Waals surface area contributed by atoms with Gasteiger partial charge in [0.15, 0.2) is 0 Å². The molecule has 162 valence electrons. The molecule has 3 rings (SSSR count). The maximum Gasteiger partial charge on any atom is 0.255 e. The van der Waals surface area contributed by atoms with Crippen LogP contribution in [0.3, 0.4) is 0 Å². The maximum atomic E-state index is 13.9. The lowest BCUT2D eigenvalue weighted by Crippen LogP contribution is -2.40. The highest BCUT2D eigenvalue weighted by atomic mass is 32.2. The van der Waals surface area contributed by atoms with Gasteiger partial charge in [0.2, 0.25) is 10.0 Å². The molecule has 0 radical (unpaired) electrons. The minimum absolute atomic E-state index is 0.0332. The van der Waals surface area contributed by atoms with Crippen LogP contribution in [0.4, 0.5) is 10.1 Å². The van der Waals surface area contributed by atoms with Crippen LogP contribution in [-0.2, 0) is 14.8 Å². The zero-order valence-electron chi connectivity index (χ0n) is 17.1. The van der Waals surface area contributed by atoms with Crippen molar-refractivity contribution in [3.05, 3.63) is 53.3 Å². The van der Waals surface area contributed by atoms with E-state index in [1.165, 1.54) is 34.6 Å². The number of benzene rings is 2. The van der Waals surface area contributed by atoms with Crippen molar-refractivity contribution in [2.45, 2.75) is 31.8 Å². The second-order valence-corrected chi connectivity index (χ2v) is 9.20. The summed E-state index contributed by atoms with van der Waals surface area (Å²) in [4.78, 5) is 12.7. The van der Waals surface area contributed by atoms with Crippen molar-refractivity contribution in [3.8, 4) is 5.75 Å². The monoisotopic (exact) mass is 436 g/mol. The summed E-state index contributed by atoms with van der Waals surface area (Å²) in [6, 6.07) is 8.48. The first-order valence-electron chi connectivity index (χ1n) is 9.64. The van der Waals surface area contributed by atoms with Crippen LogP contribution >= 0.6 is 0 Å². The van der Waals surface area contributed by atoms with Gasteiger partial charge in [-0.15, -0.1) is 0 Å². The van der Waals surface area contributed by atoms with E-state index in [-0.39, 0.29) is 35.3 Å². The molecule has 1 fully saturated rings. The summed E-state index contributed by atoms with van der Waals surface area (Å²) in [5, 5.41) is 2.66. The third-order valence-corrected chi connectivity index (χ3v) is 6.50. The Labute approximate surface area is 175 Å². The van der Waals surface area contributed by atoms with Gasteiger partial charge in [-0.1, -0.05) is 6.07 Å². The highest BCUT2D eigenvalue weighted by Gasteiger charge is 2.27. The number of carbonyl (C=O) groups excluding carboxylic acids is 1. The van der Waals surface area contributed by atoms with Crippen LogP contribution < -0.4 is 10.1 Å². The van der Waals surface area contributed by atoms with Crippen molar-refractivity contribution in [2.75, 3.05) is 31.6 Å². The van der Waals surface area contributed by atoms with Gasteiger partial charge in [0.1, 0.15) is 11.6 Å². The number of rotatable bonds is 6. The third kappa shape index (κ3) is 4.97. The van der Waals surface area contributed by atoms with Crippen LogP contribution in [-0.4, -0.2) is 51.0 Å². The Hall–Kier alpha value is -2.49. The number of carbonyl (C=O) groups is 1. The fourth-order valence-corrected chi connectivity index (χ4v) is 4.42. The van der Waals surface area contributed by atoms with Gasteiger partial charge < -0.3 is 14.8 Å². The van der Waals surface area contributed by atoms with Crippen molar-refractivity contribution in [1.82, 2.24) is 4.31 Å². The molecule has 7 nitrogen and oxygen atoms in total. The van der Waals surface area contributed by atoms with Crippen LogP contribution in [0.25, 0.3) is 0 Å². The lowest BCUT2D eigenvalue weighted by atomic mass is 10.1. The number of ether oxygens (including phenoxy) is 2. The molecule has 2 aromatic rings. The normalized spacial score (nSPS) is 15.2. The van der Waals surface area contributed by atoms with E-state index in [1.54, 1.807) is 6.92 Å². The summed E-state index contributed by atoms with van der Waals surface area (Å²) >= 11 is 0. The summed E-state index contributed by atoms with van der Waals surface area (Å²) in [5.74, 6) is -0.736. The average Bonchev–Trinajstić information content (AvgIpc) is 2.71. The highest BCUT2D eigenvalue weighted by molar-refractivity contribution is 7.89. The minimum atomic E-state index is -3.76. The number of aryl methyl sites for hydroxylation is 1. The van der Waals surface area contributed by atoms with E-state index >= 15 is 0 Å². The predicted molar refractivity (Wildman–Crippen MR) is 111 cm³/mol. The van der Waals surface area contributed by atoms with E-state index in [4.69, 9.17) is 9.47 Å².